The third-order valence-corrected chi connectivity index (χ3v) is 1.14. The van der Waals surface area contributed by atoms with Crippen molar-refractivity contribution in [3.8, 4) is 12.3 Å². The van der Waals surface area contributed by atoms with E-state index in [1.165, 1.54) is 0 Å². The summed E-state index contributed by atoms with van der Waals surface area (Å²) in [6, 6.07) is 0. The summed E-state index contributed by atoms with van der Waals surface area (Å²) in [7, 11) is 0. The number of hydrogen-bond donors (Lipinski definition) is 0. The van der Waals surface area contributed by atoms with Crippen LogP contribution in [0.5, 0.6) is 0 Å². The summed E-state index contributed by atoms with van der Waals surface area (Å²) < 4.78 is 0. The highest BCUT2D eigenvalue weighted by Gasteiger charge is 2.13. The monoisotopic (exact) mass is 79.1 g/mol. The average Bonchev–Trinajstić information content (AvgIpc) is 1.31. The minimum Gasteiger partial charge on any atom is -0.120 e. The molecule has 0 heterocycles. The fourth-order valence-electron chi connectivity index (χ4n) is 0.469. The Morgan fingerprint density at radius 3 is 2.33 bits per heavy atom. The molecule has 6 heavy (non-hydrogen) atoms. The molecule has 0 aromatic carbocycles. The zero-order chi connectivity index (χ0) is 4.41. The van der Waals surface area contributed by atoms with Crippen LogP contribution in [0.1, 0.15) is 12.8 Å². The van der Waals surface area contributed by atoms with Crippen LogP contribution in [0.2, 0.25) is 0 Å². The number of terminal acetylenes is 1. The number of hydrogen-bond acceptors (Lipinski definition) is 0. The Balaban J connectivity index is 2.22. The third kappa shape index (κ3) is 0.408. The molecule has 0 nitrogen and oxygen atoms in total. The second-order valence-corrected chi connectivity index (χ2v) is 1.62. The summed E-state index contributed by atoms with van der Waals surface area (Å²) in [6.45, 7) is 0. The van der Waals surface area contributed by atoms with Gasteiger partial charge in [0.25, 0.3) is 0 Å². The highest BCUT2D eigenvalue weighted by molar-refractivity contribution is 5.03. The lowest BCUT2D eigenvalue weighted by molar-refractivity contribution is 0.523. The Hall–Kier alpha value is -0.440. The van der Waals surface area contributed by atoms with Gasteiger partial charge in [0.2, 0.25) is 0 Å². The van der Waals surface area contributed by atoms with E-state index in [0.717, 1.165) is 12.8 Å². The number of rotatable bonds is 0. The molecule has 0 aromatic rings. The van der Waals surface area contributed by atoms with Gasteiger partial charge < -0.3 is 0 Å². The Bertz CT molecular complexity index is 72.5. The maximum Gasteiger partial charge on any atom is 0.0205 e. The Morgan fingerprint density at radius 1 is 1.67 bits per heavy atom. The lowest BCUT2D eigenvalue weighted by Gasteiger charge is -2.17. The Labute approximate surface area is 38.6 Å². The normalized spacial score (nSPS) is 21.8. The minimum absolute atomic E-state index is 0.588. The molecule has 0 bridgehead atoms. The highest BCUT2D eigenvalue weighted by atomic mass is 14.2. The molecule has 1 rings (SSSR count). The molecule has 0 unspecified atom stereocenters. The van der Waals surface area contributed by atoms with Crippen molar-refractivity contribution in [1.29, 1.82) is 0 Å². The molecule has 1 aliphatic rings. The fraction of sp³-hybridized carbons (Fsp3) is 0.500. The van der Waals surface area contributed by atoms with Crippen molar-refractivity contribution < 1.29 is 0 Å². The van der Waals surface area contributed by atoms with Crippen molar-refractivity contribution in [2.24, 2.45) is 5.92 Å². The van der Waals surface area contributed by atoms with Gasteiger partial charge in [-0.1, -0.05) is 0 Å². The van der Waals surface area contributed by atoms with Gasteiger partial charge in [-0.15, -0.1) is 12.3 Å². The van der Waals surface area contributed by atoms with E-state index in [1.807, 2.05) is 0 Å². The molecule has 0 N–H and O–H groups in total. The lowest BCUT2D eigenvalue weighted by Crippen LogP contribution is -2.07. The summed E-state index contributed by atoms with van der Waals surface area (Å²) in [5.74, 6) is 3.26. The molecule has 0 amide bonds. The van der Waals surface area contributed by atoms with Gasteiger partial charge in [0, 0.05) is 5.92 Å². The summed E-state index contributed by atoms with van der Waals surface area (Å²) >= 11 is 0. The molecule has 0 heteroatoms. The van der Waals surface area contributed by atoms with Crippen LogP contribution in [0, 0.1) is 24.7 Å². The lowest BCUT2D eigenvalue weighted by atomic mass is 9.87. The van der Waals surface area contributed by atoms with Gasteiger partial charge in [0.15, 0.2) is 0 Å². The Morgan fingerprint density at radius 2 is 2.33 bits per heavy atom. The topological polar surface area (TPSA) is 0 Å². The molecular weight excluding hydrogens is 72.1 g/mol. The van der Waals surface area contributed by atoms with Crippen LogP contribution in [0.4, 0.5) is 0 Å². The SMILES string of the molecule is C#CC1C[CH]C1. The molecule has 1 fully saturated rings. The zero-order valence-corrected chi connectivity index (χ0v) is 3.65. The average molecular weight is 79.1 g/mol. The summed E-state index contributed by atoms with van der Waals surface area (Å²) in [5.41, 5.74) is 0. The first-order valence-corrected chi connectivity index (χ1v) is 2.21. The molecule has 1 radical (unpaired) electrons. The summed E-state index contributed by atoms with van der Waals surface area (Å²) in [6.07, 6.45) is 9.58. The fourth-order valence-corrected chi connectivity index (χ4v) is 0.469. The van der Waals surface area contributed by atoms with E-state index in [9.17, 15) is 0 Å². The first kappa shape index (κ1) is 3.74. The molecule has 1 saturated carbocycles. The molecular formula is C6H7. The maximum absolute atomic E-state index is 5.06. The van der Waals surface area contributed by atoms with Crippen molar-refractivity contribution in [3.05, 3.63) is 6.42 Å². The molecule has 0 atom stereocenters. The molecule has 31 valence electrons. The Kier molecular flexibility index (Phi) is 0.837. The standard InChI is InChI=1S/C6H7/c1-2-6-4-3-5-6/h1,3,6H,4-5H2. The van der Waals surface area contributed by atoms with Gasteiger partial charge in [-0.3, -0.25) is 0 Å². The van der Waals surface area contributed by atoms with E-state index in [2.05, 4.69) is 12.3 Å². The molecule has 0 aromatic heterocycles. The van der Waals surface area contributed by atoms with Crippen LogP contribution in [-0.4, -0.2) is 0 Å². The van der Waals surface area contributed by atoms with Crippen molar-refractivity contribution >= 4 is 0 Å². The smallest absolute Gasteiger partial charge is 0.0205 e. The summed E-state index contributed by atoms with van der Waals surface area (Å²) in [5, 5.41) is 0. The molecule has 0 saturated heterocycles. The predicted octanol–water partition coefficient (Wildman–Crippen LogP) is 1.23. The van der Waals surface area contributed by atoms with Gasteiger partial charge in [0.1, 0.15) is 0 Å². The van der Waals surface area contributed by atoms with Crippen molar-refractivity contribution in [2.75, 3.05) is 0 Å². The first-order chi connectivity index (χ1) is 2.93. The van der Waals surface area contributed by atoms with E-state index in [4.69, 9.17) is 6.42 Å². The molecule has 1 aliphatic carbocycles. The van der Waals surface area contributed by atoms with Crippen LogP contribution in [-0.2, 0) is 0 Å². The van der Waals surface area contributed by atoms with E-state index in [0.29, 0.717) is 5.92 Å². The van der Waals surface area contributed by atoms with Gasteiger partial charge in [-0.2, -0.15) is 0 Å². The van der Waals surface area contributed by atoms with Gasteiger partial charge in [-0.25, -0.2) is 0 Å². The molecule has 0 aliphatic heterocycles. The van der Waals surface area contributed by atoms with Crippen LogP contribution in [0.15, 0.2) is 0 Å². The van der Waals surface area contributed by atoms with E-state index in [-0.39, 0.29) is 0 Å². The summed E-state index contributed by atoms with van der Waals surface area (Å²) in [4.78, 5) is 0. The largest absolute Gasteiger partial charge is 0.120 e. The van der Waals surface area contributed by atoms with Crippen molar-refractivity contribution in [2.45, 2.75) is 12.8 Å². The van der Waals surface area contributed by atoms with Gasteiger partial charge in [0.05, 0.1) is 0 Å². The van der Waals surface area contributed by atoms with Crippen molar-refractivity contribution in [3.63, 3.8) is 0 Å². The molecule has 0 spiro atoms. The second kappa shape index (κ2) is 1.34. The second-order valence-electron chi connectivity index (χ2n) is 1.62. The van der Waals surface area contributed by atoms with Crippen LogP contribution < -0.4 is 0 Å². The van der Waals surface area contributed by atoms with E-state index in [1.54, 1.807) is 0 Å². The van der Waals surface area contributed by atoms with Crippen LogP contribution in [0.3, 0.4) is 0 Å². The maximum atomic E-state index is 5.06. The van der Waals surface area contributed by atoms with Crippen LogP contribution in [0.25, 0.3) is 0 Å². The van der Waals surface area contributed by atoms with Gasteiger partial charge in [-0.05, 0) is 19.3 Å². The van der Waals surface area contributed by atoms with E-state index < -0.39 is 0 Å². The first-order valence-electron chi connectivity index (χ1n) is 2.21. The highest BCUT2D eigenvalue weighted by Crippen LogP contribution is 2.23. The zero-order valence-electron chi connectivity index (χ0n) is 3.65. The van der Waals surface area contributed by atoms with E-state index >= 15 is 0 Å². The quantitative estimate of drug-likeness (QED) is 0.383. The predicted molar refractivity (Wildman–Crippen MR) is 25.9 cm³/mol. The minimum atomic E-state index is 0.588. The van der Waals surface area contributed by atoms with Gasteiger partial charge >= 0.3 is 0 Å². The van der Waals surface area contributed by atoms with Crippen LogP contribution >= 0.6 is 0 Å². The van der Waals surface area contributed by atoms with Crippen molar-refractivity contribution in [1.82, 2.24) is 0 Å². The third-order valence-electron chi connectivity index (χ3n) is 1.14.